The van der Waals surface area contributed by atoms with E-state index in [2.05, 4.69) is 58.9 Å². The van der Waals surface area contributed by atoms with Gasteiger partial charge in [-0.05, 0) is 80.8 Å². The number of rotatable bonds is 6. The maximum absolute atomic E-state index is 9.47. The van der Waals surface area contributed by atoms with Crippen molar-refractivity contribution in [3.63, 3.8) is 0 Å². The van der Waals surface area contributed by atoms with Crippen LogP contribution in [0.4, 0.5) is 0 Å². The molecule has 2 aromatic carbocycles. The second kappa shape index (κ2) is 7.74. The Morgan fingerprint density at radius 3 is 1.96 bits per heavy atom. The second-order valence-corrected chi connectivity index (χ2v) is 7.62. The first kappa shape index (κ1) is 18.4. The third kappa shape index (κ3) is 5.30. The number of ether oxygens (including phenoxy) is 1. The molecule has 1 N–H and O–H groups in total. The Hall–Kier alpha value is -1.96. The number of phenols is 1. The fourth-order valence-electron chi connectivity index (χ4n) is 3.07. The Morgan fingerprint density at radius 2 is 1.46 bits per heavy atom. The van der Waals surface area contributed by atoms with Gasteiger partial charge in [0.25, 0.3) is 0 Å². The molecule has 0 radical (unpaired) electrons. The van der Waals surface area contributed by atoms with Crippen molar-refractivity contribution in [3.8, 4) is 11.5 Å². The highest BCUT2D eigenvalue weighted by molar-refractivity contribution is 5.31. The van der Waals surface area contributed by atoms with E-state index in [9.17, 15) is 5.11 Å². The summed E-state index contributed by atoms with van der Waals surface area (Å²) < 4.78 is 5.90. The summed E-state index contributed by atoms with van der Waals surface area (Å²) >= 11 is 0. The zero-order chi connectivity index (χ0) is 17.7. The van der Waals surface area contributed by atoms with Crippen LogP contribution in [0.1, 0.15) is 70.4 Å². The van der Waals surface area contributed by atoms with Gasteiger partial charge in [-0.1, -0.05) is 38.1 Å². The van der Waals surface area contributed by atoms with Crippen molar-refractivity contribution >= 4 is 0 Å². The Labute approximate surface area is 146 Å². The summed E-state index contributed by atoms with van der Waals surface area (Å²) in [5, 5.41) is 9.47. The van der Waals surface area contributed by atoms with Crippen molar-refractivity contribution in [1.82, 2.24) is 0 Å². The smallest absolute Gasteiger partial charge is 0.120 e. The van der Waals surface area contributed by atoms with Crippen molar-refractivity contribution in [2.45, 2.75) is 64.9 Å². The van der Waals surface area contributed by atoms with Gasteiger partial charge < -0.3 is 9.84 Å². The van der Waals surface area contributed by atoms with Crippen LogP contribution in [0.15, 0.2) is 48.5 Å². The maximum atomic E-state index is 9.47. The van der Waals surface area contributed by atoms with Gasteiger partial charge in [0.1, 0.15) is 17.1 Å². The van der Waals surface area contributed by atoms with Crippen molar-refractivity contribution in [2.75, 3.05) is 0 Å². The number of phenolic OH excluding ortho intramolecular Hbond substituents is 1. The van der Waals surface area contributed by atoms with E-state index in [4.69, 9.17) is 4.74 Å². The monoisotopic (exact) mass is 326 g/mol. The SMILES string of the molecule is CCC(CC(C)c1ccc(OC(C)(C)C)cc1)c1ccc(O)cc1. The molecule has 0 fully saturated rings. The highest BCUT2D eigenvalue weighted by Gasteiger charge is 2.16. The molecule has 0 aromatic heterocycles. The quantitative estimate of drug-likeness (QED) is 0.679. The van der Waals surface area contributed by atoms with E-state index in [-0.39, 0.29) is 5.60 Å². The molecule has 24 heavy (non-hydrogen) atoms. The molecule has 0 bridgehead atoms. The Bertz CT molecular complexity index is 621. The van der Waals surface area contributed by atoms with Crippen molar-refractivity contribution in [1.29, 1.82) is 0 Å². The van der Waals surface area contributed by atoms with Gasteiger partial charge in [-0.25, -0.2) is 0 Å². The fraction of sp³-hybridized carbons (Fsp3) is 0.455. The van der Waals surface area contributed by atoms with Crippen LogP contribution in [-0.4, -0.2) is 10.7 Å². The minimum atomic E-state index is -0.167. The largest absolute Gasteiger partial charge is 0.508 e. The van der Waals surface area contributed by atoms with Crippen molar-refractivity contribution < 1.29 is 9.84 Å². The maximum Gasteiger partial charge on any atom is 0.120 e. The van der Waals surface area contributed by atoms with Gasteiger partial charge in [0.15, 0.2) is 0 Å². The van der Waals surface area contributed by atoms with E-state index in [1.165, 1.54) is 11.1 Å². The van der Waals surface area contributed by atoms with Crippen LogP contribution in [0.25, 0.3) is 0 Å². The van der Waals surface area contributed by atoms with Crippen LogP contribution in [-0.2, 0) is 0 Å². The van der Waals surface area contributed by atoms with Crippen LogP contribution >= 0.6 is 0 Å². The molecule has 0 saturated carbocycles. The molecule has 2 rings (SSSR count). The van der Waals surface area contributed by atoms with E-state index < -0.39 is 0 Å². The Morgan fingerprint density at radius 1 is 0.917 bits per heavy atom. The average molecular weight is 326 g/mol. The molecule has 0 aliphatic carbocycles. The van der Waals surface area contributed by atoms with Crippen molar-refractivity contribution in [2.24, 2.45) is 0 Å². The van der Waals surface area contributed by atoms with Gasteiger partial charge in [-0.3, -0.25) is 0 Å². The fourth-order valence-corrected chi connectivity index (χ4v) is 3.07. The van der Waals surface area contributed by atoms with Gasteiger partial charge in [-0.2, -0.15) is 0 Å². The summed E-state index contributed by atoms with van der Waals surface area (Å²) in [7, 11) is 0. The van der Waals surface area contributed by atoms with E-state index in [0.717, 1.165) is 18.6 Å². The third-order valence-corrected chi connectivity index (χ3v) is 4.37. The molecule has 2 unspecified atom stereocenters. The molecule has 0 aliphatic rings. The Balaban J connectivity index is 2.04. The van der Waals surface area contributed by atoms with Crippen LogP contribution in [0, 0.1) is 0 Å². The number of hydrogen-bond donors (Lipinski definition) is 1. The predicted octanol–water partition coefficient (Wildman–Crippen LogP) is 6.26. The van der Waals surface area contributed by atoms with E-state index in [0.29, 0.717) is 17.6 Å². The summed E-state index contributed by atoms with van der Waals surface area (Å²) in [5.74, 6) is 2.23. The first-order chi connectivity index (χ1) is 11.3. The first-order valence-electron chi connectivity index (χ1n) is 8.86. The molecular formula is C22H30O2. The predicted molar refractivity (Wildman–Crippen MR) is 101 cm³/mol. The van der Waals surface area contributed by atoms with Gasteiger partial charge in [0.2, 0.25) is 0 Å². The molecule has 0 spiro atoms. The molecule has 2 atom stereocenters. The topological polar surface area (TPSA) is 29.5 Å². The molecular weight excluding hydrogens is 296 g/mol. The van der Waals surface area contributed by atoms with Gasteiger partial charge in [-0.15, -0.1) is 0 Å². The minimum absolute atomic E-state index is 0.167. The van der Waals surface area contributed by atoms with E-state index in [1.807, 2.05) is 12.1 Å². The lowest BCUT2D eigenvalue weighted by atomic mass is 9.84. The molecule has 130 valence electrons. The molecule has 0 amide bonds. The molecule has 2 heteroatoms. The molecule has 0 saturated heterocycles. The van der Waals surface area contributed by atoms with Crippen LogP contribution in [0.5, 0.6) is 11.5 Å². The summed E-state index contributed by atoms with van der Waals surface area (Å²) in [4.78, 5) is 0. The highest BCUT2D eigenvalue weighted by Crippen LogP contribution is 2.33. The zero-order valence-electron chi connectivity index (χ0n) is 15.5. The Kier molecular flexibility index (Phi) is 5.93. The summed E-state index contributed by atoms with van der Waals surface area (Å²) in [6.45, 7) is 10.7. The lowest BCUT2D eigenvalue weighted by molar-refractivity contribution is 0.131. The highest BCUT2D eigenvalue weighted by atomic mass is 16.5. The van der Waals surface area contributed by atoms with E-state index in [1.54, 1.807) is 12.1 Å². The molecule has 0 aliphatic heterocycles. The molecule has 2 aromatic rings. The average Bonchev–Trinajstić information content (AvgIpc) is 2.52. The number of aromatic hydroxyl groups is 1. The lowest BCUT2D eigenvalue weighted by Crippen LogP contribution is -2.22. The van der Waals surface area contributed by atoms with Gasteiger partial charge >= 0.3 is 0 Å². The third-order valence-electron chi connectivity index (χ3n) is 4.37. The molecule has 0 heterocycles. The van der Waals surface area contributed by atoms with Crippen LogP contribution < -0.4 is 4.74 Å². The number of benzene rings is 2. The van der Waals surface area contributed by atoms with Crippen molar-refractivity contribution in [3.05, 3.63) is 59.7 Å². The van der Waals surface area contributed by atoms with Gasteiger partial charge in [0, 0.05) is 0 Å². The zero-order valence-corrected chi connectivity index (χ0v) is 15.5. The lowest BCUT2D eigenvalue weighted by Gasteiger charge is -2.23. The van der Waals surface area contributed by atoms with E-state index >= 15 is 0 Å². The summed E-state index contributed by atoms with van der Waals surface area (Å²) in [5.41, 5.74) is 2.47. The summed E-state index contributed by atoms with van der Waals surface area (Å²) in [6.07, 6.45) is 2.20. The normalized spacial score (nSPS) is 14.2. The minimum Gasteiger partial charge on any atom is -0.508 e. The van der Waals surface area contributed by atoms with Crippen LogP contribution in [0.3, 0.4) is 0 Å². The second-order valence-electron chi connectivity index (χ2n) is 7.62. The standard InChI is InChI=1S/C22H30O2/c1-6-17(19-7-11-20(23)12-8-19)15-16(2)18-9-13-21(14-10-18)24-22(3,4)5/h7-14,16-17,23H,6,15H2,1-5H3. The number of hydrogen-bond acceptors (Lipinski definition) is 2. The molecule has 2 nitrogen and oxygen atoms in total. The summed E-state index contributed by atoms with van der Waals surface area (Å²) in [6, 6.07) is 16.1. The first-order valence-corrected chi connectivity index (χ1v) is 8.86. The van der Waals surface area contributed by atoms with Crippen LogP contribution in [0.2, 0.25) is 0 Å². The van der Waals surface area contributed by atoms with Gasteiger partial charge in [0.05, 0.1) is 0 Å².